The molecule has 1 unspecified atom stereocenters. The number of halogens is 2. The fourth-order valence-corrected chi connectivity index (χ4v) is 7.03. The number of thioether (sulfide) groups is 1. The number of rotatable bonds is 6. The number of para-hydroxylation sites is 1. The van der Waals surface area contributed by atoms with Gasteiger partial charge in [0, 0.05) is 33.3 Å². The Morgan fingerprint density at radius 1 is 1.12 bits per heavy atom. The molecule has 9 nitrogen and oxygen atoms in total. The van der Waals surface area contributed by atoms with Crippen molar-refractivity contribution in [3.05, 3.63) is 86.3 Å². The van der Waals surface area contributed by atoms with Gasteiger partial charge in [-0.3, -0.25) is 14.5 Å². The molecule has 1 atom stereocenters. The fraction of sp³-hybridized carbons (Fsp3) is 0.185. The average Bonchev–Trinajstić information content (AvgIpc) is 3.40. The summed E-state index contributed by atoms with van der Waals surface area (Å²) in [5.41, 5.74) is 9.04. The Bertz CT molecular complexity index is 1670. The first-order valence-electron chi connectivity index (χ1n) is 12.0. The third kappa shape index (κ3) is 5.17. The number of carbonyl (C=O) groups is 2. The molecule has 3 aromatic rings. The number of aromatic nitrogens is 2. The summed E-state index contributed by atoms with van der Waals surface area (Å²) in [6.07, 6.45) is 1.46. The van der Waals surface area contributed by atoms with Gasteiger partial charge in [-0.1, -0.05) is 64.5 Å². The summed E-state index contributed by atoms with van der Waals surface area (Å²) in [6.45, 7) is 0. The van der Waals surface area contributed by atoms with Gasteiger partial charge in [0.25, 0.3) is 0 Å². The van der Waals surface area contributed by atoms with Crippen LogP contribution >= 0.6 is 46.3 Å². The summed E-state index contributed by atoms with van der Waals surface area (Å²) in [5, 5.41) is 31.7. The molecule has 2 heterocycles. The maximum absolute atomic E-state index is 13.3. The Morgan fingerprint density at radius 2 is 1.88 bits per heavy atom. The van der Waals surface area contributed by atoms with E-state index >= 15 is 0 Å². The Kier molecular flexibility index (Phi) is 8.10. The molecular formula is C27H19Cl2N7O2S2. The van der Waals surface area contributed by atoms with Crippen LogP contribution in [0.25, 0.3) is 0 Å². The number of ketones is 1. The second-order valence-corrected chi connectivity index (χ2v) is 11.8. The molecule has 13 heteroatoms. The first-order chi connectivity index (χ1) is 19.3. The highest BCUT2D eigenvalue weighted by Crippen LogP contribution is 2.49. The summed E-state index contributed by atoms with van der Waals surface area (Å²) < 4.78 is 0.491. The predicted molar refractivity (Wildman–Crippen MR) is 155 cm³/mol. The SMILES string of the molecule is N#CC1=C(N)N(c2nnc(SCC(=O)Nc3ccccc3C#N)s2)C2=C(C(=O)CCC2)C1c1c(Cl)cccc1Cl. The number of hydrogen-bond acceptors (Lipinski definition) is 10. The van der Waals surface area contributed by atoms with Crippen LogP contribution in [0.1, 0.15) is 36.3 Å². The van der Waals surface area contributed by atoms with Crippen LogP contribution in [0.4, 0.5) is 10.8 Å². The minimum Gasteiger partial charge on any atom is -0.384 e. The Labute approximate surface area is 247 Å². The standard InChI is InChI=1S/C27H19Cl2N7O2S2/c28-16-6-3-7-17(29)23(16)22-15(12-31)25(32)36(19-9-4-10-20(37)24(19)22)26-34-35-27(40-26)39-13-21(38)33-18-8-2-1-5-14(18)11-30/h1-3,5-8,22H,4,9-10,13,32H2,(H,33,38). The molecule has 1 aliphatic carbocycles. The zero-order chi connectivity index (χ0) is 28.4. The molecule has 40 heavy (non-hydrogen) atoms. The second kappa shape index (κ2) is 11.7. The van der Waals surface area contributed by atoms with Crippen molar-refractivity contribution in [3.8, 4) is 12.1 Å². The van der Waals surface area contributed by atoms with E-state index in [2.05, 4.69) is 21.6 Å². The van der Waals surface area contributed by atoms with Gasteiger partial charge in [-0.25, -0.2) is 0 Å². The molecule has 0 saturated heterocycles. The molecule has 1 aliphatic heterocycles. The van der Waals surface area contributed by atoms with E-state index < -0.39 is 5.92 Å². The Hall–Kier alpha value is -3.87. The van der Waals surface area contributed by atoms with Gasteiger partial charge in [0.2, 0.25) is 11.0 Å². The Balaban J connectivity index is 1.45. The number of allylic oxidation sites excluding steroid dienone is 3. The third-order valence-corrected chi connectivity index (χ3v) is 9.14. The highest BCUT2D eigenvalue weighted by atomic mass is 35.5. The normalized spacial score (nSPS) is 16.9. The van der Waals surface area contributed by atoms with E-state index in [9.17, 15) is 20.1 Å². The van der Waals surface area contributed by atoms with Gasteiger partial charge in [-0.2, -0.15) is 10.5 Å². The van der Waals surface area contributed by atoms with Gasteiger partial charge in [0.1, 0.15) is 11.9 Å². The molecule has 0 fully saturated rings. The number of nitrogens with two attached hydrogens (primary N) is 1. The number of nitrogens with one attached hydrogen (secondary N) is 1. The summed E-state index contributed by atoms with van der Waals surface area (Å²) in [7, 11) is 0. The lowest BCUT2D eigenvalue weighted by atomic mass is 9.75. The van der Waals surface area contributed by atoms with E-state index in [1.165, 1.54) is 23.1 Å². The van der Waals surface area contributed by atoms with Gasteiger partial charge in [-0.05, 0) is 37.1 Å². The van der Waals surface area contributed by atoms with Crippen LogP contribution in [0.3, 0.4) is 0 Å². The van der Waals surface area contributed by atoms with Crippen molar-refractivity contribution in [2.24, 2.45) is 5.73 Å². The number of benzene rings is 2. The number of amides is 1. The van der Waals surface area contributed by atoms with Gasteiger partial charge in [0.15, 0.2) is 10.1 Å². The lowest BCUT2D eigenvalue weighted by Gasteiger charge is -2.38. The van der Waals surface area contributed by atoms with E-state index in [-0.39, 0.29) is 28.8 Å². The van der Waals surface area contributed by atoms with E-state index in [0.29, 0.717) is 66.9 Å². The van der Waals surface area contributed by atoms with Crippen molar-refractivity contribution in [1.82, 2.24) is 10.2 Å². The van der Waals surface area contributed by atoms with Crippen LogP contribution in [0.2, 0.25) is 10.0 Å². The zero-order valence-corrected chi connectivity index (χ0v) is 23.8. The second-order valence-electron chi connectivity index (χ2n) is 8.80. The van der Waals surface area contributed by atoms with Gasteiger partial charge in [0.05, 0.1) is 34.6 Å². The van der Waals surface area contributed by atoms with E-state index in [0.717, 1.165) is 0 Å². The molecule has 0 bridgehead atoms. The highest BCUT2D eigenvalue weighted by molar-refractivity contribution is 8.01. The van der Waals surface area contributed by atoms with E-state index in [1.807, 2.05) is 6.07 Å². The van der Waals surface area contributed by atoms with E-state index in [1.54, 1.807) is 47.4 Å². The summed E-state index contributed by atoms with van der Waals surface area (Å²) in [4.78, 5) is 27.4. The van der Waals surface area contributed by atoms with Crippen molar-refractivity contribution in [1.29, 1.82) is 10.5 Å². The lowest BCUT2D eigenvalue weighted by Crippen LogP contribution is -2.38. The minimum atomic E-state index is -0.799. The van der Waals surface area contributed by atoms with Gasteiger partial charge >= 0.3 is 0 Å². The molecule has 5 rings (SSSR count). The number of nitrogens with zero attached hydrogens (tertiary/aromatic N) is 5. The van der Waals surface area contributed by atoms with E-state index in [4.69, 9.17) is 28.9 Å². The topological polar surface area (TPSA) is 149 Å². The highest BCUT2D eigenvalue weighted by Gasteiger charge is 2.42. The summed E-state index contributed by atoms with van der Waals surface area (Å²) in [6, 6.07) is 16.0. The smallest absolute Gasteiger partial charge is 0.234 e. The largest absolute Gasteiger partial charge is 0.384 e. The lowest BCUT2D eigenvalue weighted by molar-refractivity contribution is -0.116. The van der Waals surface area contributed by atoms with Crippen LogP contribution in [-0.4, -0.2) is 27.6 Å². The van der Waals surface area contributed by atoms with Gasteiger partial charge < -0.3 is 11.1 Å². The molecule has 0 radical (unpaired) electrons. The molecular weight excluding hydrogens is 589 g/mol. The maximum Gasteiger partial charge on any atom is 0.234 e. The van der Waals surface area contributed by atoms with Crippen LogP contribution in [-0.2, 0) is 9.59 Å². The molecule has 1 aromatic heterocycles. The van der Waals surface area contributed by atoms with Gasteiger partial charge in [-0.15, -0.1) is 10.2 Å². The van der Waals surface area contributed by atoms with Crippen molar-refractivity contribution in [3.63, 3.8) is 0 Å². The Morgan fingerprint density at radius 3 is 2.60 bits per heavy atom. The summed E-state index contributed by atoms with van der Waals surface area (Å²) in [5.74, 6) is -1.07. The third-order valence-electron chi connectivity index (χ3n) is 6.44. The van der Waals surface area contributed by atoms with Crippen LogP contribution in [0.5, 0.6) is 0 Å². The maximum atomic E-state index is 13.3. The molecule has 200 valence electrons. The predicted octanol–water partition coefficient (Wildman–Crippen LogP) is 5.75. The number of Topliss-reactive ketones (excluding diaryl/α,β-unsaturated/α-hetero) is 1. The quantitative estimate of drug-likeness (QED) is 0.334. The van der Waals surface area contributed by atoms with Crippen LogP contribution in [0, 0.1) is 22.7 Å². The molecule has 3 N–H and O–H groups in total. The van der Waals surface area contributed by atoms with Crippen LogP contribution < -0.4 is 16.0 Å². The monoisotopic (exact) mass is 607 g/mol. The molecule has 2 aromatic carbocycles. The average molecular weight is 609 g/mol. The van der Waals surface area contributed by atoms with Crippen molar-refractivity contribution >= 4 is 68.8 Å². The minimum absolute atomic E-state index is 0.0304. The first-order valence-corrected chi connectivity index (χ1v) is 14.5. The van der Waals surface area contributed by atoms with Crippen LogP contribution in [0.15, 0.2) is 69.5 Å². The number of hydrogen-bond donors (Lipinski definition) is 2. The molecule has 1 amide bonds. The molecule has 0 saturated carbocycles. The molecule has 0 spiro atoms. The number of anilines is 2. The summed E-state index contributed by atoms with van der Waals surface area (Å²) >= 11 is 15.4. The van der Waals surface area contributed by atoms with Crippen molar-refractivity contribution in [2.75, 3.05) is 16.0 Å². The van der Waals surface area contributed by atoms with Crippen molar-refractivity contribution < 1.29 is 9.59 Å². The number of carbonyl (C=O) groups excluding carboxylic acids is 2. The zero-order valence-electron chi connectivity index (χ0n) is 20.6. The molecule has 2 aliphatic rings. The van der Waals surface area contributed by atoms with Crippen molar-refractivity contribution in [2.45, 2.75) is 29.5 Å². The fourth-order valence-electron chi connectivity index (χ4n) is 4.73. The first kappa shape index (κ1) is 27.7. The number of nitriles is 2.